The third-order valence-corrected chi connectivity index (χ3v) is 2.85. The van der Waals surface area contributed by atoms with E-state index in [-0.39, 0.29) is 30.4 Å². The number of carbonyl (C=O) groups is 1. The summed E-state index contributed by atoms with van der Waals surface area (Å²) in [5, 5.41) is 21.2. The van der Waals surface area contributed by atoms with Crippen molar-refractivity contribution in [2.24, 2.45) is 5.73 Å². The summed E-state index contributed by atoms with van der Waals surface area (Å²) in [5.41, 5.74) is 6.46. The molecule has 6 nitrogen and oxygen atoms in total. The fraction of sp³-hybridized carbons (Fsp3) is 0.214. The summed E-state index contributed by atoms with van der Waals surface area (Å²) in [5.74, 6) is -0.0999. The van der Waals surface area contributed by atoms with Crippen molar-refractivity contribution in [3.8, 4) is 11.5 Å². The predicted octanol–water partition coefficient (Wildman–Crippen LogP) is 0.877. The zero-order chi connectivity index (χ0) is 14.5. The average molecular weight is 276 g/mol. The molecule has 0 aliphatic rings. The molecule has 6 heteroatoms. The Balaban J connectivity index is 1.88. The molecule has 0 spiro atoms. The van der Waals surface area contributed by atoms with Gasteiger partial charge in [0, 0.05) is 0 Å². The van der Waals surface area contributed by atoms with E-state index in [9.17, 15) is 15.0 Å². The van der Waals surface area contributed by atoms with E-state index in [0.717, 1.165) is 0 Å². The van der Waals surface area contributed by atoms with Gasteiger partial charge in [-0.3, -0.25) is 4.79 Å². The van der Waals surface area contributed by atoms with Crippen LogP contribution in [0.5, 0.6) is 11.5 Å². The van der Waals surface area contributed by atoms with Gasteiger partial charge in [-0.25, -0.2) is 0 Å². The number of nitrogens with one attached hydrogen (secondary N) is 1. The van der Waals surface area contributed by atoms with E-state index >= 15 is 0 Å². The van der Waals surface area contributed by atoms with Crippen LogP contribution in [0.1, 0.15) is 11.3 Å². The minimum Gasteiger partial charge on any atom is -0.504 e. The lowest BCUT2D eigenvalue weighted by Gasteiger charge is -2.12. The minimum atomic E-state index is -0.742. The van der Waals surface area contributed by atoms with Crippen LogP contribution in [0, 0.1) is 0 Å². The second-order valence-electron chi connectivity index (χ2n) is 4.43. The van der Waals surface area contributed by atoms with Gasteiger partial charge in [0.25, 0.3) is 0 Å². The van der Waals surface area contributed by atoms with Gasteiger partial charge in [0.05, 0.1) is 18.8 Å². The molecule has 20 heavy (non-hydrogen) atoms. The van der Waals surface area contributed by atoms with Crippen LogP contribution in [0.2, 0.25) is 0 Å². The van der Waals surface area contributed by atoms with Crippen LogP contribution >= 0.6 is 0 Å². The van der Waals surface area contributed by atoms with Crippen molar-refractivity contribution in [3.05, 3.63) is 47.9 Å². The molecule has 0 aliphatic heterocycles. The van der Waals surface area contributed by atoms with Gasteiger partial charge in [-0.1, -0.05) is 6.07 Å². The molecule has 0 aliphatic carbocycles. The summed E-state index contributed by atoms with van der Waals surface area (Å²) in [4.78, 5) is 11.8. The third kappa shape index (κ3) is 3.52. The van der Waals surface area contributed by atoms with Crippen molar-refractivity contribution in [2.75, 3.05) is 0 Å². The standard InChI is InChI=1S/C14H16N2O4/c15-11(6-9-3-4-12(17)13(18)7-9)14(19)16-8-10-2-1-5-20-10/h1-5,7,11,17-18H,6,8,15H2,(H,16,19)/t11-/m0/s1. The van der Waals surface area contributed by atoms with Gasteiger partial charge in [-0.05, 0) is 36.2 Å². The van der Waals surface area contributed by atoms with E-state index < -0.39 is 6.04 Å². The maximum Gasteiger partial charge on any atom is 0.237 e. The summed E-state index contributed by atoms with van der Waals surface area (Å²) in [6.07, 6.45) is 1.79. The number of rotatable bonds is 5. The first-order valence-electron chi connectivity index (χ1n) is 6.13. The largest absolute Gasteiger partial charge is 0.504 e. The van der Waals surface area contributed by atoms with Gasteiger partial charge in [0.15, 0.2) is 11.5 Å². The molecule has 0 radical (unpaired) electrons. The summed E-state index contributed by atoms with van der Waals surface area (Å²) >= 11 is 0. The monoisotopic (exact) mass is 276 g/mol. The molecule has 0 unspecified atom stereocenters. The van der Waals surface area contributed by atoms with E-state index in [2.05, 4.69) is 5.32 Å². The van der Waals surface area contributed by atoms with Crippen molar-refractivity contribution < 1.29 is 19.4 Å². The molecule has 1 heterocycles. The van der Waals surface area contributed by atoms with Crippen molar-refractivity contribution in [1.29, 1.82) is 0 Å². The van der Waals surface area contributed by atoms with E-state index in [0.29, 0.717) is 11.3 Å². The van der Waals surface area contributed by atoms with Crippen LogP contribution in [0.4, 0.5) is 0 Å². The average Bonchev–Trinajstić information content (AvgIpc) is 2.93. The molecule has 2 aromatic rings. The molecule has 0 saturated carbocycles. The Labute approximate surface area is 115 Å². The zero-order valence-electron chi connectivity index (χ0n) is 10.7. The molecule has 1 amide bonds. The molecule has 5 N–H and O–H groups in total. The molecular formula is C14H16N2O4. The van der Waals surface area contributed by atoms with E-state index in [1.165, 1.54) is 18.4 Å². The maximum atomic E-state index is 11.8. The fourth-order valence-corrected chi connectivity index (χ4v) is 1.76. The van der Waals surface area contributed by atoms with Gasteiger partial charge in [-0.15, -0.1) is 0 Å². The van der Waals surface area contributed by atoms with Crippen molar-refractivity contribution in [3.63, 3.8) is 0 Å². The lowest BCUT2D eigenvalue weighted by Crippen LogP contribution is -2.41. The lowest BCUT2D eigenvalue weighted by molar-refractivity contribution is -0.122. The Hall–Kier alpha value is -2.47. The number of hydrogen-bond acceptors (Lipinski definition) is 5. The molecule has 2 rings (SSSR count). The number of nitrogens with two attached hydrogens (primary N) is 1. The van der Waals surface area contributed by atoms with E-state index in [1.54, 1.807) is 18.2 Å². The fourth-order valence-electron chi connectivity index (χ4n) is 1.76. The second-order valence-corrected chi connectivity index (χ2v) is 4.43. The van der Waals surface area contributed by atoms with Gasteiger partial charge < -0.3 is 25.7 Å². The van der Waals surface area contributed by atoms with Gasteiger partial charge >= 0.3 is 0 Å². The van der Waals surface area contributed by atoms with E-state index in [1.807, 2.05) is 0 Å². The molecule has 106 valence electrons. The maximum absolute atomic E-state index is 11.8. The molecule has 1 atom stereocenters. The highest BCUT2D eigenvalue weighted by Crippen LogP contribution is 2.25. The molecule has 0 bridgehead atoms. The SMILES string of the molecule is N[C@@H](Cc1ccc(O)c(O)c1)C(=O)NCc1ccco1. The van der Waals surface area contributed by atoms with Gasteiger partial charge in [-0.2, -0.15) is 0 Å². The summed E-state index contributed by atoms with van der Waals surface area (Å²) in [6.45, 7) is 0.278. The minimum absolute atomic E-state index is 0.204. The third-order valence-electron chi connectivity index (χ3n) is 2.85. The van der Waals surface area contributed by atoms with E-state index in [4.69, 9.17) is 10.2 Å². The molecule has 0 fully saturated rings. The smallest absolute Gasteiger partial charge is 0.237 e. The summed E-state index contributed by atoms with van der Waals surface area (Å²) < 4.78 is 5.09. The van der Waals surface area contributed by atoms with Gasteiger partial charge in [0.1, 0.15) is 5.76 Å². The van der Waals surface area contributed by atoms with Crippen LogP contribution in [0.3, 0.4) is 0 Å². The first-order chi connectivity index (χ1) is 9.56. The second kappa shape index (κ2) is 6.12. The highest BCUT2D eigenvalue weighted by atomic mass is 16.3. The number of phenols is 2. The predicted molar refractivity (Wildman–Crippen MR) is 72.0 cm³/mol. The molecule has 1 aromatic carbocycles. The van der Waals surface area contributed by atoms with Crippen LogP contribution < -0.4 is 11.1 Å². The Morgan fingerprint density at radius 3 is 2.75 bits per heavy atom. The highest BCUT2D eigenvalue weighted by Gasteiger charge is 2.15. The molecule has 0 saturated heterocycles. The van der Waals surface area contributed by atoms with Crippen molar-refractivity contribution in [2.45, 2.75) is 19.0 Å². The normalized spacial score (nSPS) is 12.1. The number of amides is 1. The van der Waals surface area contributed by atoms with Crippen LogP contribution in [-0.4, -0.2) is 22.2 Å². The lowest BCUT2D eigenvalue weighted by atomic mass is 10.1. The first kappa shape index (κ1) is 14.0. The summed E-state index contributed by atoms with van der Waals surface area (Å²) in [6, 6.07) is 7.10. The topological polar surface area (TPSA) is 109 Å². The van der Waals surface area contributed by atoms with Crippen molar-refractivity contribution in [1.82, 2.24) is 5.32 Å². The highest BCUT2D eigenvalue weighted by molar-refractivity contribution is 5.81. The summed E-state index contributed by atoms with van der Waals surface area (Å²) in [7, 11) is 0. The number of carbonyl (C=O) groups excluding carboxylic acids is 1. The quantitative estimate of drug-likeness (QED) is 0.606. The van der Waals surface area contributed by atoms with Crippen molar-refractivity contribution >= 4 is 5.91 Å². The van der Waals surface area contributed by atoms with Crippen LogP contribution in [0.15, 0.2) is 41.0 Å². The van der Waals surface area contributed by atoms with Crippen LogP contribution in [0.25, 0.3) is 0 Å². The first-order valence-corrected chi connectivity index (χ1v) is 6.13. The number of benzene rings is 1. The Bertz CT molecular complexity index is 581. The van der Waals surface area contributed by atoms with Gasteiger partial charge in [0.2, 0.25) is 5.91 Å². The van der Waals surface area contributed by atoms with Crippen LogP contribution in [-0.2, 0) is 17.8 Å². The Morgan fingerprint density at radius 1 is 1.30 bits per heavy atom. The Kier molecular flexibility index (Phi) is 4.27. The number of aromatic hydroxyl groups is 2. The molecular weight excluding hydrogens is 260 g/mol. The molecule has 1 aromatic heterocycles. The number of hydrogen-bond donors (Lipinski definition) is 4. The zero-order valence-corrected chi connectivity index (χ0v) is 10.7. The number of phenolic OH excluding ortho intramolecular Hbond substituents is 2. The Morgan fingerprint density at radius 2 is 2.10 bits per heavy atom. The number of furan rings is 1.